The fourth-order valence-electron chi connectivity index (χ4n) is 2.00. The van der Waals surface area contributed by atoms with Crippen LogP contribution in [0.15, 0.2) is 11.8 Å². The van der Waals surface area contributed by atoms with Crippen LogP contribution in [0.2, 0.25) is 0 Å². The van der Waals surface area contributed by atoms with E-state index in [4.69, 9.17) is 20.7 Å². The summed E-state index contributed by atoms with van der Waals surface area (Å²) in [7, 11) is 0. The van der Waals surface area contributed by atoms with Crippen molar-refractivity contribution in [2.45, 2.75) is 44.2 Å². The molecule has 0 unspecified atom stereocenters. The molecule has 1 heterocycles. The summed E-state index contributed by atoms with van der Waals surface area (Å²) >= 11 is 0. The Kier molecular flexibility index (Phi) is 6.30. The standard InChI is InChI=1S/C13H22N2O7/c1-5(2)12(19)15-9-6(14)3-8(13(20)21)22-11(9)10(18)7(17)4-16/h3,5-7,9-11,16-18H,4,14H2,1-2H3,(H,15,19)(H,20,21)/t6-,7+,9+,10+,11+/m0/s1. The number of aliphatic hydroxyl groups is 3. The molecule has 0 aliphatic carbocycles. The van der Waals surface area contributed by atoms with Crippen molar-refractivity contribution in [3.63, 3.8) is 0 Å². The first kappa shape index (κ1) is 18.4. The molecule has 0 bridgehead atoms. The van der Waals surface area contributed by atoms with E-state index in [1.165, 1.54) is 0 Å². The van der Waals surface area contributed by atoms with Crippen LogP contribution in [-0.2, 0) is 14.3 Å². The minimum atomic E-state index is -1.63. The third-order valence-corrected chi connectivity index (χ3v) is 3.34. The van der Waals surface area contributed by atoms with Gasteiger partial charge in [-0.25, -0.2) is 4.79 Å². The zero-order valence-electron chi connectivity index (χ0n) is 12.3. The summed E-state index contributed by atoms with van der Waals surface area (Å²) in [6, 6.07) is -1.89. The van der Waals surface area contributed by atoms with E-state index in [2.05, 4.69) is 5.32 Å². The molecule has 0 saturated carbocycles. The highest BCUT2D eigenvalue weighted by atomic mass is 16.5. The highest BCUT2D eigenvalue weighted by Gasteiger charge is 2.42. The first-order chi connectivity index (χ1) is 10.2. The monoisotopic (exact) mass is 318 g/mol. The minimum absolute atomic E-state index is 0.363. The normalized spacial score (nSPS) is 27.6. The molecule has 0 fully saturated rings. The third kappa shape index (κ3) is 4.17. The summed E-state index contributed by atoms with van der Waals surface area (Å²) in [4.78, 5) is 22.8. The second-order valence-corrected chi connectivity index (χ2v) is 5.43. The molecule has 0 radical (unpaired) electrons. The summed E-state index contributed by atoms with van der Waals surface area (Å²) in [5, 5.41) is 40.0. The number of aliphatic carboxylic acids is 1. The van der Waals surface area contributed by atoms with Crippen LogP contribution in [-0.4, -0.2) is 69.3 Å². The number of hydrogen-bond acceptors (Lipinski definition) is 7. The molecule has 9 nitrogen and oxygen atoms in total. The van der Waals surface area contributed by atoms with Crippen LogP contribution < -0.4 is 11.1 Å². The highest BCUT2D eigenvalue weighted by Crippen LogP contribution is 2.22. The van der Waals surface area contributed by atoms with Gasteiger partial charge in [-0.3, -0.25) is 4.79 Å². The average molecular weight is 318 g/mol. The van der Waals surface area contributed by atoms with E-state index in [9.17, 15) is 19.8 Å². The van der Waals surface area contributed by atoms with Gasteiger partial charge in [-0.15, -0.1) is 0 Å². The lowest BCUT2D eigenvalue weighted by molar-refractivity contribution is -0.146. The molecule has 126 valence electrons. The summed E-state index contributed by atoms with van der Waals surface area (Å²) in [6.07, 6.45) is -3.39. The molecule has 0 saturated heterocycles. The van der Waals surface area contributed by atoms with Gasteiger partial charge in [0.15, 0.2) is 0 Å². The van der Waals surface area contributed by atoms with Crippen molar-refractivity contribution in [3.05, 3.63) is 11.8 Å². The Morgan fingerprint density at radius 2 is 2.00 bits per heavy atom. The van der Waals surface area contributed by atoms with Gasteiger partial charge in [0.2, 0.25) is 11.7 Å². The molecule has 0 aromatic heterocycles. The van der Waals surface area contributed by atoms with Crippen LogP contribution >= 0.6 is 0 Å². The van der Waals surface area contributed by atoms with Crippen molar-refractivity contribution >= 4 is 11.9 Å². The number of carbonyl (C=O) groups excluding carboxylic acids is 1. The molecule has 1 rings (SSSR count). The maximum atomic E-state index is 11.8. The number of carboxylic acid groups (broad SMARTS) is 1. The second-order valence-electron chi connectivity index (χ2n) is 5.43. The van der Waals surface area contributed by atoms with Crippen molar-refractivity contribution in [3.8, 4) is 0 Å². The van der Waals surface area contributed by atoms with Gasteiger partial charge in [0, 0.05) is 5.92 Å². The Bertz CT molecular complexity index is 452. The van der Waals surface area contributed by atoms with E-state index in [1.54, 1.807) is 13.8 Å². The predicted octanol–water partition coefficient (Wildman–Crippen LogP) is -2.46. The number of carbonyl (C=O) groups is 2. The highest BCUT2D eigenvalue weighted by molar-refractivity contribution is 5.85. The Morgan fingerprint density at radius 3 is 2.45 bits per heavy atom. The van der Waals surface area contributed by atoms with Crippen LogP contribution in [0.1, 0.15) is 13.8 Å². The Labute approximate surface area is 127 Å². The van der Waals surface area contributed by atoms with Gasteiger partial charge in [0.05, 0.1) is 18.7 Å². The number of ether oxygens (including phenoxy) is 1. The van der Waals surface area contributed by atoms with Crippen molar-refractivity contribution in [2.24, 2.45) is 11.7 Å². The van der Waals surface area contributed by atoms with Crippen LogP contribution in [0, 0.1) is 5.92 Å². The van der Waals surface area contributed by atoms with Crippen LogP contribution in [0.25, 0.3) is 0 Å². The molecule has 0 spiro atoms. The molecule has 1 aliphatic rings. The summed E-state index contributed by atoms with van der Waals surface area (Å²) < 4.78 is 5.14. The van der Waals surface area contributed by atoms with E-state index in [1.807, 2.05) is 0 Å². The fourth-order valence-corrected chi connectivity index (χ4v) is 2.00. The topological polar surface area (TPSA) is 162 Å². The van der Waals surface area contributed by atoms with Crippen molar-refractivity contribution in [2.75, 3.05) is 6.61 Å². The van der Waals surface area contributed by atoms with Gasteiger partial charge >= 0.3 is 5.97 Å². The molecule has 0 aromatic carbocycles. The lowest BCUT2D eigenvalue weighted by Crippen LogP contribution is -2.62. The van der Waals surface area contributed by atoms with Crippen LogP contribution in [0.3, 0.4) is 0 Å². The van der Waals surface area contributed by atoms with Gasteiger partial charge in [0.1, 0.15) is 18.3 Å². The molecule has 1 aliphatic heterocycles. The lowest BCUT2D eigenvalue weighted by Gasteiger charge is -2.39. The summed E-state index contributed by atoms with van der Waals surface area (Å²) in [5.41, 5.74) is 5.84. The third-order valence-electron chi connectivity index (χ3n) is 3.34. The van der Waals surface area contributed by atoms with Gasteiger partial charge in [-0.1, -0.05) is 13.8 Å². The van der Waals surface area contributed by atoms with E-state index in [0.29, 0.717) is 0 Å². The molecule has 1 amide bonds. The maximum Gasteiger partial charge on any atom is 0.370 e. The van der Waals surface area contributed by atoms with E-state index in [-0.39, 0.29) is 11.8 Å². The molecule has 5 atom stereocenters. The quantitative estimate of drug-likeness (QED) is 0.314. The fraction of sp³-hybridized carbons (Fsp3) is 0.692. The van der Waals surface area contributed by atoms with E-state index < -0.39 is 48.7 Å². The first-order valence-electron chi connectivity index (χ1n) is 6.83. The van der Waals surface area contributed by atoms with Crippen molar-refractivity contribution < 1.29 is 34.8 Å². The van der Waals surface area contributed by atoms with Gasteiger partial charge < -0.3 is 36.2 Å². The van der Waals surface area contributed by atoms with Crippen LogP contribution in [0.4, 0.5) is 0 Å². The maximum absolute atomic E-state index is 11.8. The predicted molar refractivity (Wildman–Crippen MR) is 74.4 cm³/mol. The second kappa shape index (κ2) is 7.54. The zero-order valence-corrected chi connectivity index (χ0v) is 12.3. The number of nitrogens with one attached hydrogen (secondary N) is 1. The van der Waals surface area contributed by atoms with Gasteiger partial charge in [-0.2, -0.15) is 0 Å². The summed E-state index contributed by atoms with van der Waals surface area (Å²) in [5.74, 6) is -2.61. The molecular formula is C13H22N2O7. The SMILES string of the molecule is CC(C)C(=O)N[C@H]1[C@H]([C@H](O)[C@H](O)CO)OC(C(=O)O)=C[C@@H]1N. The number of carboxylic acids is 1. The first-order valence-corrected chi connectivity index (χ1v) is 6.83. The van der Waals surface area contributed by atoms with Crippen molar-refractivity contribution in [1.82, 2.24) is 5.32 Å². The van der Waals surface area contributed by atoms with Gasteiger partial charge in [0.25, 0.3) is 0 Å². The van der Waals surface area contributed by atoms with Crippen molar-refractivity contribution in [1.29, 1.82) is 0 Å². The van der Waals surface area contributed by atoms with Crippen LogP contribution in [0.5, 0.6) is 0 Å². The summed E-state index contributed by atoms with van der Waals surface area (Å²) in [6.45, 7) is 2.54. The minimum Gasteiger partial charge on any atom is -0.478 e. The number of hydrogen-bond donors (Lipinski definition) is 6. The smallest absolute Gasteiger partial charge is 0.370 e. The molecule has 22 heavy (non-hydrogen) atoms. The van der Waals surface area contributed by atoms with Gasteiger partial charge in [-0.05, 0) is 6.08 Å². The van der Waals surface area contributed by atoms with E-state index in [0.717, 1.165) is 6.08 Å². The zero-order chi connectivity index (χ0) is 17.0. The molecular weight excluding hydrogens is 296 g/mol. The molecule has 0 aromatic rings. The number of nitrogens with two attached hydrogens (primary N) is 1. The molecule has 7 N–H and O–H groups in total. The Balaban J connectivity index is 3.06. The Hall–Kier alpha value is -1.68. The largest absolute Gasteiger partial charge is 0.478 e. The Morgan fingerprint density at radius 1 is 1.41 bits per heavy atom. The average Bonchev–Trinajstić information content (AvgIpc) is 2.46. The lowest BCUT2D eigenvalue weighted by atomic mass is 9.92. The molecule has 9 heteroatoms. The number of amides is 1. The van der Waals surface area contributed by atoms with E-state index >= 15 is 0 Å². The number of aliphatic hydroxyl groups excluding tert-OH is 3. The number of rotatable bonds is 6.